The largest absolute Gasteiger partial charge is 0.335 e. The molecule has 2 N–H and O–H groups in total. The number of benzene rings is 1. The number of rotatable bonds is 6. The van der Waals surface area contributed by atoms with Crippen molar-refractivity contribution in [1.29, 1.82) is 0 Å². The van der Waals surface area contributed by atoms with Gasteiger partial charge in [-0.3, -0.25) is 19.9 Å². The predicted octanol–water partition coefficient (Wildman–Crippen LogP) is 2.98. The van der Waals surface area contributed by atoms with E-state index in [0.29, 0.717) is 5.92 Å². The Morgan fingerprint density at radius 1 is 1.06 bits per heavy atom. The Kier molecular flexibility index (Phi) is 7.23. The summed E-state index contributed by atoms with van der Waals surface area (Å²) in [5.41, 5.74) is 1.09. The van der Waals surface area contributed by atoms with Crippen molar-refractivity contribution >= 4 is 11.9 Å². The number of urea groups is 1. The zero-order chi connectivity index (χ0) is 21.8. The highest BCUT2D eigenvalue weighted by Crippen LogP contribution is 2.49. The van der Waals surface area contributed by atoms with E-state index < -0.39 is 0 Å². The zero-order valence-electron chi connectivity index (χ0n) is 18.5. The van der Waals surface area contributed by atoms with Gasteiger partial charge in [-0.15, -0.1) is 0 Å². The standard InChI is InChI=1S/C24H35FN4O2/c1-17(22-14-19-3-6-20(22)13-19)26-24(31)27-23(30)16-29-10-2-9-28(11-12-29)15-18-4-7-21(25)8-5-18/h4-5,7-8,17,19-20,22H,2-3,6,9-16H2,1H3,(H2,26,27,30,31). The van der Waals surface area contributed by atoms with Crippen molar-refractivity contribution in [2.24, 2.45) is 17.8 Å². The van der Waals surface area contributed by atoms with Crippen LogP contribution in [0.5, 0.6) is 0 Å². The number of nitrogens with one attached hydrogen (secondary N) is 2. The van der Waals surface area contributed by atoms with Crippen LogP contribution in [0.2, 0.25) is 0 Å². The molecule has 1 heterocycles. The van der Waals surface area contributed by atoms with Crippen LogP contribution >= 0.6 is 0 Å². The van der Waals surface area contributed by atoms with Gasteiger partial charge in [0.15, 0.2) is 0 Å². The van der Waals surface area contributed by atoms with E-state index in [4.69, 9.17) is 0 Å². The minimum absolute atomic E-state index is 0.112. The fourth-order valence-electron chi connectivity index (χ4n) is 5.81. The van der Waals surface area contributed by atoms with E-state index in [0.717, 1.165) is 56.5 Å². The Morgan fingerprint density at radius 3 is 2.52 bits per heavy atom. The molecule has 2 saturated carbocycles. The number of fused-ring (bicyclic) bond motifs is 2. The molecule has 0 spiro atoms. The van der Waals surface area contributed by atoms with E-state index in [2.05, 4.69) is 27.4 Å². The van der Waals surface area contributed by atoms with Gasteiger partial charge in [-0.1, -0.05) is 18.6 Å². The first-order chi connectivity index (χ1) is 15.0. The van der Waals surface area contributed by atoms with Gasteiger partial charge < -0.3 is 5.32 Å². The van der Waals surface area contributed by atoms with Crippen molar-refractivity contribution in [3.05, 3.63) is 35.6 Å². The number of imide groups is 1. The molecule has 4 atom stereocenters. The summed E-state index contributed by atoms with van der Waals surface area (Å²) in [7, 11) is 0. The second kappa shape index (κ2) is 10.1. The molecule has 0 aromatic heterocycles. The lowest BCUT2D eigenvalue weighted by molar-refractivity contribution is -0.121. The summed E-state index contributed by atoms with van der Waals surface area (Å²) >= 11 is 0. The Labute approximate surface area is 184 Å². The highest BCUT2D eigenvalue weighted by molar-refractivity contribution is 5.95. The highest BCUT2D eigenvalue weighted by atomic mass is 19.1. The number of carbonyl (C=O) groups excluding carboxylic acids is 2. The van der Waals surface area contributed by atoms with Gasteiger partial charge >= 0.3 is 6.03 Å². The second-order valence-electron chi connectivity index (χ2n) is 9.68. The first kappa shape index (κ1) is 22.2. The van der Waals surface area contributed by atoms with Crippen LogP contribution in [0.3, 0.4) is 0 Å². The van der Waals surface area contributed by atoms with Gasteiger partial charge in [-0.25, -0.2) is 9.18 Å². The number of halogens is 1. The summed E-state index contributed by atoms with van der Waals surface area (Å²) in [5, 5.41) is 5.52. The minimum atomic E-state index is -0.368. The van der Waals surface area contributed by atoms with Crippen molar-refractivity contribution in [1.82, 2.24) is 20.4 Å². The molecular formula is C24H35FN4O2. The topological polar surface area (TPSA) is 64.7 Å². The molecule has 4 unspecified atom stereocenters. The summed E-state index contributed by atoms with van der Waals surface area (Å²) < 4.78 is 13.1. The van der Waals surface area contributed by atoms with Gasteiger partial charge in [0.1, 0.15) is 5.82 Å². The van der Waals surface area contributed by atoms with Crippen LogP contribution in [-0.4, -0.2) is 60.5 Å². The highest BCUT2D eigenvalue weighted by Gasteiger charge is 2.42. The summed E-state index contributed by atoms with van der Waals surface area (Å²) in [6.45, 7) is 6.48. The van der Waals surface area contributed by atoms with Crippen LogP contribution in [0.25, 0.3) is 0 Å². The first-order valence-electron chi connectivity index (χ1n) is 11.8. The molecule has 0 radical (unpaired) electrons. The van der Waals surface area contributed by atoms with Gasteiger partial charge in [0.25, 0.3) is 0 Å². The fourth-order valence-corrected chi connectivity index (χ4v) is 5.81. The molecule has 3 fully saturated rings. The molecule has 1 aromatic carbocycles. The lowest BCUT2D eigenvalue weighted by Gasteiger charge is -2.28. The molecule has 1 aromatic rings. The minimum Gasteiger partial charge on any atom is -0.335 e. The number of nitrogens with zero attached hydrogens (tertiary/aromatic N) is 2. The maximum atomic E-state index is 13.1. The number of hydrogen-bond acceptors (Lipinski definition) is 4. The van der Waals surface area contributed by atoms with Gasteiger partial charge in [0.05, 0.1) is 6.54 Å². The van der Waals surface area contributed by atoms with E-state index in [9.17, 15) is 14.0 Å². The smallest absolute Gasteiger partial charge is 0.321 e. The molecule has 2 bridgehead atoms. The summed E-state index contributed by atoms with van der Waals surface area (Å²) in [6, 6.07) is 6.37. The lowest BCUT2D eigenvalue weighted by Crippen LogP contribution is -2.49. The van der Waals surface area contributed by atoms with E-state index in [-0.39, 0.29) is 30.3 Å². The Bertz CT molecular complexity index is 771. The number of carbonyl (C=O) groups is 2. The average Bonchev–Trinajstić information content (AvgIpc) is 3.30. The Hall–Kier alpha value is -1.99. The second-order valence-corrected chi connectivity index (χ2v) is 9.68. The van der Waals surface area contributed by atoms with Gasteiger partial charge in [-0.2, -0.15) is 0 Å². The average molecular weight is 431 g/mol. The summed E-state index contributed by atoms with van der Waals surface area (Å²) in [4.78, 5) is 29.2. The molecule has 2 aliphatic carbocycles. The van der Waals surface area contributed by atoms with Crippen LogP contribution in [0.1, 0.15) is 44.6 Å². The molecule has 7 heteroatoms. The van der Waals surface area contributed by atoms with E-state index >= 15 is 0 Å². The van der Waals surface area contributed by atoms with Crippen molar-refractivity contribution in [2.45, 2.75) is 51.6 Å². The quantitative estimate of drug-likeness (QED) is 0.728. The molecule has 3 aliphatic rings. The normalized spacial score (nSPS) is 27.6. The zero-order valence-corrected chi connectivity index (χ0v) is 18.5. The van der Waals surface area contributed by atoms with Gasteiger partial charge in [0.2, 0.25) is 5.91 Å². The number of amides is 3. The Balaban J connectivity index is 1.17. The molecule has 6 nitrogen and oxygen atoms in total. The summed E-state index contributed by atoms with van der Waals surface area (Å²) in [6.07, 6.45) is 6.11. The maximum Gasteiger partial charge on any atom is 0.321 e. The molecule has 31 heavy (non-hydrogen) atoms. The van der Waals surface area contributed by atoms with Gasteiger partial charge in [0, 0.05) is 25.7 Å². The molecule has 170 valence electrons. The third kappa shape index (κ3) is 6.04. The molecular weight excluding hydrogens is 395 g/mol. The number of hydrogen-bond donors (Lipinski definition) is 2. The lowest BCUT2D eigenvalue weighted by atomic mass is 9.84. The Morgan fingerprint density at radius 2 is 1.81 bits per heavy atom. The summed E-state index contributed by atoms with van der Waals surface area (Å²) in [5.74, 6) is 1.67. The molecule has 1 saturated heterocycles. The predicted molar refractivity (Wildman–Crippen MR) is 118 cm³/mol. The first-order valence-corrected chi connectivity index (χ1v) is 11.8. The van der Waals surface area contributed by atoms with Crippen LogP contribution in [-0.2, 0) is 11.3 Å². The molecule has 3 amide bonds. The van der Waals surface area contributed by atoms with Crippen LogP contribution in [0.4, 0.5) is 9.18 Å². The molecule has 1 aliphatic heterocycles. The SMILES string of the molecule is CC(NC(=O)NC(=O)CN1CCCN(Cc2ccc(F)cc2)CC1)C1CC2CCC1C2. The van der Waals surface area contributed by atoms with Crippen LogP contribution in [0, 0.1) is 23.6 Å². The molecule has 4 rings (SSSR count). The van der Waals surface area contributed by atoms with E-state index in [1.807, 2.05) is 12.1 Å². The third-order valence-electron chi connectivity index (χ3n) is 7.41. The fraction of sp³-hybridized carbons (Fsp3) is 0.667. The van der Waals surface area contributed by atoms with Crippen molar-refractivity contribution < 1.29 is 14.0 Å². The third-order valence-corrected chi connectivity index (χ3v) is 7.41. The maximum absolute atomic E-state index is 13.1. The van der Waals surface area contributed by atoms with E-state index in [1.165, 1.54) is 37.8 Å². The van der Waals surface area contributed by atoms with Crippen LogP contribution in [0.15, 0.2) is 24.3 Å². The van der Waals surface area contributed by atoms with Crippen molar-refractivity contribution in [3.8, 4) is 0 Å². The van der Waals surface area contributed by atoms with Crippen molar-refractivity contribution in [2.75, 3.05) is 32.7 Å². The van der Waals surface area contributed by atoms with E-state index in [1.54, 1.807) is 0 Å². The van der Waals surface area contributed by atoms with Gasteiger partial charge in [-0.05, 0) is 81.1 Å². The van der Waals surface area contributed by atoms with Crippen LogP contribution < -0.4 is 10.6 Å². The monoisotopic (exact) mass is 430 g/mol. The van der Waals surface area contributed by atoms with Crippen molar-refractivity contribution in [3.63, 3.8) is 0 Å².